The van der Waals surface area contributed by atoms with Crippen LogP contribution in [0.2, 0.25) is 0 Å². The first-order chi connectivity index (χ1) is 12.1. The van der Waals surface area contributed by atoms with Gasteiger partial charge in [-0.25, -0.2) is 4.39 Å². The molecule has 3 nitrogen and oxygen atoms in total. The second-order valence-electron chi connectivity index (χ2n) is 6.27. The van der Waals surface area contributed by atoms with Crippen LogP contribution in [0.25, 0.3) is 0 Å². The van der Waals surface area contributed by atoms with E-state index in [2.05, 4.69) is 27.3 Å². The molecule has 0 bridgehead atoms. The number of anilines is 1. The van der Waals surface area contributed by atoms with Gasteiger partial charge in [0.05, 0.1) is 5.69 Å². The van der Waals surface area contributed by atoms with Crippen LogP contribution in [0, 0.1) is 5.82 Å². The first-order valence-electron chi connectivity index (χ1n) is 8.61. The molecule has 1 N–H and O–H groups in total. The van der Waals surface area contributed by atoms with E-state index < -0.39 is 11.9 Å². The van der Waals surface area contributed by atoms with E-state index in [0.717, 1.165) is 12.8 Å². The molecule has 0 heterocycles. The highest BCUT2D eigenvalue weighted by molar-refractivity contribution is 9.10. The lowest BCUT2D eigenvalue weighted by atomic mass is 9.92. The van der Waals surface area contributed by atoms with Gasteiger partial charge in [0.1, 0.15) is 11.6 Å². The molecule has 1 atom stereocenters. The fourth-order valence-corrected chi connectivity index (χ4v) is 3.41. The van der Waals surface area contributed by atoms with Crippen molar-refractivity contribution in [2.45, 2.75) is 45.1 Å². The van der Waals surface area contributed by atoms with Crippen LogP contribution >= 0.6 is 15.9 Å². The molecule has 0 spiro atoms. The number of amides is 1. The zero-order chi connectivity index (χ0) is 17.8. The minimum atomic E-state index is -0.662. The summed E-state index contributed by atoms with van der Waals surface area (Å²) in [5.74, 6) is -0.133. The Morgan fingerprint density at radius 2 is 1.96 bits per heavy atom. The molecular formula is C20H21BrFNO2. The Hall–Kier alpha value is -1.88. The maximum absolute atomic E-state index is 13.9. The lowest BCUT2D eigenvalue weighted by Crippen LogP contribution is -2.32. The molecule has 132 valence electrons. The van der Waals surface area contributed by atoms with Gasteiger partial charge in [0.15, 0.2) is 6.10 Å². The standard InChI is InChI=1S/C20H21BrFNO2/c1-2-19(20(24)23-18-10-8-15(21)12-17(18)22)25-16-9-7-13-5-3-4-6-14(13)11-16/h7-12,19H,2-6H2,1H3,(H,23,24)/t19-/m0/s1. The topological polar surface area (TPSA) is 38.3 Å². The summed E-state index contributed by atoms with van der Waals surface area (Å²) < 4.78 is 20.4. The van der Waals surface area contributed by atoms with E-state index in [4.69, 9.17) is 4.74 Å². The van der Waals surface area contributed by atoms with Crippen LogP contribution in [-0.2, 0) is 17.6 Å². The van der Waals surface area contributed by atoms with Crippen molar-refractivity contribution in [2.75, 3.05) is 5.32 Å². The van der Waals surface area contributed by atoms with Gasteiger partial charge in [-0.05, 0) is 73.6 Å². The van der Waals surface area contributed by atoms with Crippen molar-refractivity contribution < 1.29 is 13.9 Å². The molecule has 1 aliphatic carbocycles. The minimum Gasteiger partial charge on any atom is -0.481 e. The monoisotopic (exact) mass is 405 g/mol. The van der Waals surface area contributed by atoms with E-state index in [1.165, 1.54) is 36.1 Å². The number of fused-ring (bicyclic) bond motifs is 1. The molecule has 1 amide bonds. The number of halogens is 2. The summed E-state index contributed by atoms with van der Waals surface area (Å²) in [5.41, 5.74) is 2.83. The summed E-state index contributed by atoms with van der Waals surface area (Å²) in [6.07, 6.45) is 4.42. The van der Waals surface area contributed by atoms with Gasteiger partial charge in [0.25, 0.3) is 5.91 Å². The summed E-state index contributed by atoms with van der Waals surface area (Å²) >= 11 is 3.20. The van der Waals surface area contributed by atoms with Crippen molar-refractivity contribution in [3.8, 4) is 5.75 Å². The van der Waals surface area contributed by atoms with Gasteiger partial charge in [-0.1, -0.05) is 28.9 Å². The first-order valence-corrected chi connectivity index (χ1v) is 9.40. The van der Waals surface area contributed by atoms with E-state index in [1.807, 2.05) is 19.1 Å². The van der Waals surface area contributed by atoms with Crippen molar-refractivity contribution in [1.29, 1.82) is 0 Å². The summed E-state index contributed by atoms with van der Waals surface area (Å²) in [4.78, 5) is 12.5. The van der Waals surface area contributed by atoms with Gasteiger partial charge >= 0.3 is 0 Å². The second kappa shape index (κ2) is 8.00. The predicted molar refractivity (Wildman–Crippen MR) is 101 cm³/mol. The number of hydrogen-bond donors (Lipinski definition) is 1. The van der Waals surface area contributed by atoms with Gasteiger partial charge in [0, 0.05) is 4.47 Å². The lowest BCUT2D eigenvalue weighted by Gasteiger charge is -2.20. The van der Waals surface area contributed by atoms with Crippen LogP contribution in [0.3, 0.4) is 0 Å². The largest absolute Gasteiger partial charge is 0.481 e. The Morgan fingerprint density at radius 3 is 2.68 bits per heavy atom. The molecule has 0 fully saturated rings. The Morgan fingerprint density at radius 1 is 1.20 bits per heavy atom. The number of ether oxygens (including phenoxy) is 1. The highest BCUT2D eigenvalue weighted by Gasteiger charge is 2.20. The van der Waals surface area contributed by atoms with Crippen LogP contribution in [-0.4, -0.2) is 12.0 Å². The van der Waals surface area contributed by atoms with Crippen LogP contribution < -0.4 is 10.1 Å². The maximum Gasteiger partial charge on any atom is 0.265 e. The maximum atomic E-state index is 13.9. The lowest BCUT2D eigenvalue weighted by molar-refractivity contribution is -0.122. The molecule has 2 aromatic rings. The fourth-order valence-electron chi connectivity index (χ4n) is 3.07. The van der Waals surface area contributed by atoms with Gasteiger partial charge < -0.3 is 10.1 Å². The smallest absolute Gasteiger partial charge is 0.265 e. The van der Waals surface area contributed by atoms with Crippen LogP contribution in [0.1, 0.15) is 37.3 Å². The molecule has 3 rings (SSSR count). The number of rotatable bonds is 5. The van der Waals surface area contributed by atoms with Crippen molar-refractivity contribution in [3.63, 3.8) is 0 Å². The Labute approximate surface area is 155 Å². The first kappa shape index (κ1) is 17.9. The van der Waals surface area contributed by atoms with Crippen LogP contribution in [0.4, 0.5) is 10.1 Å². The molecule has 0 radical (unpaired) electrons. The third-order valence-corrected chi connectivity index (χ3v) is 4.94. The summed E-state index contributed by atoms with van der Waals surface area (Å²) in [5, 5.41) is 2.61. The second-order valence-corrected chi connectivity index (χ2v) is 7.18. The molecule has 0 unspecified atom stereocenters. The number of benzene rings is 2. The third kappa shape index (κ3) is 4.40. The van der Waals surface area contributed by atoms with Gasteiger partial charge in [-0.2, -0.15) is 0 Å². The average Bonchev–Trinajstić information content (AvgIpc) is 2.61. The molecule has 0 saturated heterocycles. The van der Waals surface area contributed by atoms with E-state index >= 15 is 0 Å². The van der Waals surface area contributed by atoms with Crippen molar-refractivity contribution in [1.82, 2.24) is 0 Å². The molecule has 2 aromatic carbocycles. The number of carbonyl (C=O) groups excluding carboxylic acids is 1. The average molecular weight is 406 g/mol. The molecule has 0 saturated carbocycles. The molecule has 1 aliphatic rings. The van der Waals surface area contributed by atoms with Gasteiger partial charge in [-0.3, -0.25) is 4.79 Å². The third-order valence-electron chi connectivity index (χ3n) is 4.45. The SMILES string of the molecule is CC[C@H](Oc1ccc2c(c1)CCCC2)C(=O)Nc1ccc(Br)cc1F. The minimum absolute atomic E-state index is 0.153. The highest BCUT2D eigenvalue weighted by Crippen LogP contribution is 2.26. The summed E-state index contributed by atoms with van der Waals surface area (Å²) in [6, 6.07) is 10.6. The zero-order valence-corrected chi connectivity index (χ0v) is 15.7. The van der Waals surface area contributed by atoms with E-state index in [9.17, 15) is 9.18 Å². The van der Waals surface area contributed by atoms with Crippen LogP contribution in [0.5, 0.6) is 5.75 Å². The molecule has 25 heavy (non-hydrogen) atoms. The van der Waals surface area contributed by atoms with Gasteiger partial charge in [-0.15, -0.1) is 0 Å². The Bertz CT molecular complexity index is 778. The van der Waals surface area contributed by atoms with E-state index in [1.54, 1.807) is 6.07 Å². The molecule has 0 aromatic heterocycles. The number of hydrogen-bond acceptors (Lipinski definition) is 2. The van der Waals surface area contributed by atoms with E-state index in [0.29, 0.717) is 16.6 Å². The quantitative estimate of drug-likeness (QED) is 0.736. The van der Waals surface area contributed by atoms with Crippen molar-refractivity contribution in [2.24, 2.45) is 0 Å². The Balaban J connectivity index is 1.70. The zero-order valence-electron chi connectivity index (χ0n) is 14.1. The van der Waals surface area contributed by atoms with Crippen LogP contribution in [0.15, 0.2) is 40.9 Å². The molecule has 5 heteroatoms. The fraction of sp³-hybridized carbons (Fsp3) is 0.350. The number of aryl methyl sites for hydroxylation is 2. The predicted octanol–water partition coefficient (Wildman–Crippen LogP) is 5.26. The molecule has 0 aliphatic heterocycles. The highest BCUT2D eigenvalue weighted by atomic mass is 79.9. The van der Waals surface area contributed by atoms with Crippen molar-refractivity contribution >= 4 is 27.5 Å². The summed E-state index contributed by atoms with van der Waals surface area (Å²) in [7, 11) is 0. The molecular weight excluding hydrogens is 385 g/mol. The Kier molecular flexibility index (Phi) is 5.74. The number of nitrogens with one attached hydrogen (secondary N) is 1. The van der Waals surface area contributed by atoms with Gasteiger partial charge in [0.2, 0.25) is 0 Å². The normalized spacial score (nSPS) is 14.5. The van der Waals surface area contributed by atoms with E-state index in [-0.39, 0.29) is 11.6 Å². The van der Waals surface area contributed by atoms with Crippen molar-refractivity contribution in [3.05, 3.63) is 57.8 Å². The number of carbonyl (C=O) groups is 1. The summed E-state index contributed by atoms with van der Waals surface area (Å²) in [6.45, 7) is 1.88.